The summed E-state index contributed by atoms with van der Waals surface area (Å²) in [6, 6.07) is 17.8. The van der Waals surface area contributed by atoms with Gasteiger partial charge in [0.05, 0.1) is 0 Å². The van der Waals surface area contributed by atoms with Gasteiger partial charge in [0.15, 0.2) is 5.78 Å². The zero-order valence-corrected chi connectivity index (χ0v) is 16.4. The Morgan fingerprint density at radius 3 is 2.71 bits per heavy atom. The highest BCUT2D eigenvalue weighted by atomic mass is 16.2. The molecular formula is C23H29N3O2. The molecule has 3 rings (SSSR count). The van der Waals surface area contributed by atoms with Crippen molar-refractivity contribution < 1.29 is 9.59 Å². The Bertz CT molecular complexity index is 791. The standard InChI is InChI=1S/C23H29N3O2/c1-17(27)20-8-5-9-22(16-20)26-23(28)25-13-11-21-15-19(10-12-24-21)14-18-6-3-2-4-7-18/h2-9,16,19,21,24H,10-15H2,1H3,(H2,25,26,28). The number of hydrogen-bond donors (Lipinski definition) is 3. The Kier molecular flexibility index (Phi) is 7.20. The number of anilines is 1. The summed E-state index contributed by atoms with van der Waals surface area (Å²) in [6.45, 7) is 3.17. The van der Waals surface area contributed by atoms with Gasteiger partial charge in [-0.1, -0.05) is 42.5 Å². The van der Waals surface area contributed by atoms with E-state index in [9.17, 15) is 9.59 Å². The molecule has 2 atom stereocenters. The lowest BCUT2D eigenvalue weighted by atomic mass is 9.86. The van der Waals surface area contributed by atoms with E-state index in [0.29, 0.717) is 29.8 Å². The first-order chi connectivity index (χ1) is 13.6. The van der Waals surface area contributed by atoms with Crippen LogP contribution in [0.25, 0.3) is 0 Å². The number of rotatable bonds is 7. The van der Waals surface area contributed by atoms with Gasteiger partial charge in [-0.2, -0.15) is 0 Å². The van der Waals surface area contributed by atoms with Gasteiger partial charge < -0.3 is 16.0 Å². The second kappa shape index (κ2) is 10.0. The lowest BCUT2D eigenvalue weighted by molar-refractivity contribution is 0.101. The van der Waals surface area contributed by atoms with Crippen LogP contribution in [0.1, 0.15) is 42.1 Å². The molecule has 5 nitrogen and oxygen atoms in total. The summed E-state index contributed by atoms with van der Waals surface area (Å²) >= 11 is 0. The number of Topliss-reactive ketones (excluding diaryl/α,β-unsaturated/α-hetero) is 1. The Balaban J connectivity index is 1.40. The predicted octanol–water partition coefficient (Wildman–Crippen LogP) is 4.01. The van der Waals surface area contributed by atoms with Gasteiger partial charge in [0.2, 0.25) is 0 Å². The molecule has 28 heavy (non-hydrogen) atoms. The lowest BCUT2D eigenvalue weighted by Crippen LogP contribution is -2.41. The van der Waals surface area contributed by atoms with Gasteiger partial charge in [0.25, 0.3) is 0 Å². The minimum atomic E-state index is -0.239. The van der Waals surface area contributed by atoms with Crippen molar-refractivity contribution in [2.75, 3.05) is 18.4 Å². The van der Waals surface area contributed by atoms with Crippen LogP contribution in [-0.4, -0.2) is 30.9 Å². The molecule has 1 fully saturated rings. The van der Waals surface area contributed by atoms with Crippen LogP contribution in [0.5, 0.6) is 0 Å². The van der Waals surface area contributed by atoms with Gasteiger partial charge in [-0.05, 0) is 62.8 Å². The number of hydrogen-bond acceptors (Lipinski definition) is 3. The summed E-state index contributed by atoms with van der Waals surface area (Å²) in [5, 5.41) is 9.28. The van der Waals surface area contributed by atoms with Gasteiger partial charge in [-0.3, -0.25) is 4.79 Å². The summed E-state index contributed by atoms with van der Waals surface area (Å²) < 4.78 is 0. The van der Waals surface area contributed by atoms with Crippen LogP contribution in [0.2, 0.25) is 0 Å². The van der Waals surface area contributed by atoms with Crippen LogP contribution in [0.4, 0.5) is 10.5 Å². The van der Waals surface area contributed by atoms with Crippen LogP contribution >= 0.6 is 0 Å². The number of carbonyl (C=O) groups excluding carboxylic acids is 2. The number of ketones is 1. The number of piperidine rings is 1. The van der Waals surface area contributed by atoms with Gasteiger partial charge in [0, 0.05) is 23.8 Å². The molecule has 1 aliphatic rings. The Labute approximate surface area is 166 Å². The predicted molar refractivity (Wildman–Crippen MR) is 113 cm³/mol. The lowest BCUT2D eigenvalue weighted by Gasteiger charge is -2.30. The molecule has 0 radical (unpaired) electrons. The minimum absolute atomic E-state index is 0.0162. The first-order valence-corrected chi connectivity index (χ1v) is 10.0. The van der Waals surface area contributed by atoms with Crippen molar-refractivity contribution in [1.29, 1.82) is 0 Å². The summed E-state index contributed by atoms with van der Waals surface area (Å²) in [5.74, 6) is 0.675. The van der Waals surface area contributed by atoms with Gasteiger partial charge >= 0.3 is 6.03 Å². The number of carbonyl (C=O) groups is 2. The normalized spacial score (nSPS) is 19.0. The minimum Gasteiger partial charge on any atom is -0.338 e. The van der Waals surface area contributed by atoms with Crippen LogP contribution in [-0.2, 0) is 6.42 Å². The molecule has 0 saturated carbocycles. The third-order valence-electron chi connectivity index (χ3n) is 5.28. The van der Waals surface area contributed by atoms with Gasteiger partial charge in [-0.15, -0.1) is 0 Å². The zero-order valence-electron chi connectivity index (χ0n) is 16.4. The molecule has 0 aromatic heterocycles. The molecule has 1 saturated heterocycles. The topological polar surface area (TPSA) is 70.2 Å². The van der Waals surface area contributed by atoms with Crippen molar-refractivity contribution in [3.63, 3.8) is 0 Å². The van der Waals surface area contributed by atoms with Crippen molar-refractivity contribution in [3.8, 4) is 0 Å². The second-order valence-electron chi connectivity index (χ2n) is 7.54. The fraction of sp³-hybridized carbons (Fsp3) is 0.391. The van der Waals surface area contributed by atoms with E-state index >= 15 is 0 Å². The molecule has 0 bridgehead atoms. The summed E-state index contributed by atoms with van der Waals surface area (Å²) in [5.41, 5.74) is 2.62. The van der Waals surface area contributed by atoms with Gasteiger partial charge in [-0.25, -0.2) is 4.79 Å². The molecular weight excluding hydrogens is 350 g/mol. The average Bonchev–Trinajstić information content (AvgIpc) is 2.69. The van der Waals surface area contributed by atoms with Crippen molar-refractivity contribution in [1.82, 2.24) is 10.6 Å². The highest BCUT2D eigenvalue weighted by Crippen LogP contribution is 2.22. The van der Waals surface area contributed by atoms with E-state index in [4.69, 9.17) is 0 Å². The molecule has 148 valence electrons. The van der Waals surface area contributed by atoms with E-state index in [2.05, 4.69) is 46.3 Å². The van der Waals surface area contributed by atoms with E-state index in [1.54, 1.807) is 24.3 Å². The Hall–Kier alpha value is -2.66. The maximum absolute atomic E-state index is 12.1. The Morgan fingerprint density at radius 2 is 1.93 bits per heavy atom. The molecule has 2 unspecified atom stereocenters. The molecule has 2 amide bonds. The first-order valence-electron chi connectivity index (χ1n) is 10.0. The van der Waals surface area contributed by atoms with Crippen LogP contribution < -0.4 is 16.0 Å². The molecule has 0 spiro atoms. The fourth-order valence-electron chi connectivity index (χ4n) is 3.80. The van der Waals surface area contributed by atoms with E-state index in [1.165, 1.54) is 18.9 Å². The summed E-state index contributed by atoms with van der Waals surface area (Å²) in [4.78, 5) is 23.6. The van der Waals surface area contributed by atoms with Crippen LogP contribution in [0.3, 0.4) is 0 Å². The third-order valence-corrected chi connectivity index (χ3v) is 5.28. The number of benzene rings is 2. The molecule has 2 aromatic carbocycles. The maximum Gasteiger partial charge on any atom is 0.319 e. The van der Waals surface area contributed by atoms with E-state index in [-0.39, 0.29) is 11.8 Å². The average molecular weight is 380 g/mol. The van der Waals surface area contributed by atoms with Gasteiger partial charge in [0.1, 0.15) is 0 Å². The van der Waals surface area contributed by atoms with Crippen molar-refractivity contribution in [2.24, 2.45) is 5.92 Å². The maximum atomic E-state index is 12.1. The molecule has 3 N–H and O–H groups in total. The molecule has 5 heteroatoms. The largest absolute Gasteiger partial charge is 0.338 e. The molecule has 0 aliphatic carbocycles. The van der Waals surface area contributed by atoms with Crippen LogP contribution in [0.15, 0.2) is 54.6 Å². The van der Waals surface area contributed by atoms with E-state index < -0.39 is 0 Å². The number of urea groups is 1. The monoisotopic (exact) mass is 379 g/mol. The molecule has 1 heterocycles. The smallest absolute Gasteiger partial charge is 0.319 e. The second-order valence-corrected chi connectivity index (χ2v) is 7.54. The van der Waals surface area contributed by atoms with E-state index in [1.807, 2.05) is 0 Å². The Morgan fingerprint density at radius 1 is 1.11 bits per heavy atom. The van der Waals surface area contributed by atoms with E-state index in [0.717, 1.165) is 25.8 Å². The highest BCUT2D eigenvalue weighted by Gasteiger charge is 2.21. The SMILES string of the molecule is CC(=O)c1cccc(NC(=O)NCCC2CC(Cc3ccccc3)CCN2)c1. The quantitative estimate of drug-likeness (QED) is 0.637. The summed E-state index contributed by atoms with van der Waals surface area (Å²) in [6.07, 6.45) is 4.37. The molecule has 1 aliphatic heterocycles. The third kappa shape index (κ3) is 6.20. The number of amides is 2. The van der Waals surface area contributed by atoms with Crippen molar-refractivity contribution >= 4 is 17.5 Å². The fourth-order valence-corrected chi connectivity index (χ4v) is 3.80. The highest BCUT2D eigenvalue weighted by molar-refractivity contribution is 5.96. The first kappa shape index (κ1) is 20.1. The summed E-state index contributed by atoms with van der Waals surface area (Å²) in [7, 11) is 0. The van der Waals surface area contributed by atoms with Crippen LogP contribution in [0, 0.1) is 5.92 Å². The van der Waals surface area contributed by atoms with Crippen molar-refractivity contribution in [3.05, 3.63) is 65.7 Å². The van der Waals surface area contributed by atoms with Crippen molar-refractivity contribution in [2.45, 2.75) is 38.6 Å². The molecule has 2 aromatic rings. The number of nitrogens with one attached hydrogen (secondary N) is 3. The zero-order chi connectivity index (χ0) is 19.8.